The standard InChI is InChI=1S/C19H11FN4O3S/c20-14-7-4-12(5-8-14)6-9-17-21-19-23(22-17)18(25)16(28-19)11-13-2-1-3-15(10-13)24(26)27/h1-11H/b9-6+,16-11-. The van der Waals surface area contributed by atoms with Gasteiger partial charge in [-0.3, -0.25) is 14.9 Å². The molecule has 4 aromatic rings. The highest BCUT2D eigenvalue weighted by Gasteiger charge is 2.10. The molecule has 2 aromatic carbocycles. The van der Waals surface area contributed by atoms with Gasteiger partial charge in [0.15, 0.2) is 5.82 Å². The second-order valence-electron chi connectivity index (χ2n) is 5.82. The van der Waals surface area contributed by atoms with Gasteiger partial charge in [-0.2, -0.15) is 9.50 Å². The van der Waals surface area contributed by atoms with Crippen molar-refractivity contribution >= 4 is 40.2 Å². The van der Waals surface area contributed by atoms with Crippen LogP contribution in [0.25, 0.3) is 23.2 Å². The molecule has 0 radical (unpaired) electrons. The zero-order chi connectivity index (χ0) is 19.7. The first-order valence-electron chi connectivity index (χ1n) is 8.09. The van der Waals surface area contributed by atoms with Gasteiger partial charge in [0.05, 0.1) is 9.46 Å². The van der Waals surface area contributed by atoms with E-state index in [4.69, 9.17) is 0 Å². The molecular weight excluding hydrogens is 383 g/mol. The minimum absolute atomic E-state index is 0.0473. The number of halogens is 1. The van der Waals surface area contributed by atoms with Gasteiger partial charge in [0.2, 0.25) is 4.96 Å². The van der Waals surface area contributed by atoms with Gasteiger partial charge in [-0.05, 0) is 35.4 Å². The van der Waals surface area contributed by atoms with Crippen molar-refractivity contribution in [2.45, 2.75) is 0 Å². The molecule has 2 heterocycles. The maximum absolute atomic E-state index is 12.9. The molecule has 138 valence electrons. The quantitative estimate of drug-likeness (QED) is 0.392. The highest BCUT2D eigenvalue weighted by molar-refractivity contribution is 7.15. The lowest BCUT2D eigenvalue weighted by Gasteiger charge is -1.92. The van der Waals surface area contributed by atoms with Crippen LogP contribution < -0.4 is 10.1 Å². The predicted molar refractivity (Wildman–Crippen MR) is 104 cm³/mol. The van der Waals surface area contributed by atoms with Crippen molar-refractivity contribution in [3.63, 3.8) is 0 Å². The lowest BCUT2D eigenvalue weighted by molar-refractivity contribution is -0.384. The normalized spacial score (nSPS) is 12.2. The molecule has 28 heavy (non-hydrogen) atoms. The van der Waals surface area contributed by atoms with Crippen LogP contribution in [0, 0.1) is 15.9 Å². The van der Waals surface area contributed by atoms with Gasteiger partial charge < -0.3 is 0 Å². The summed E-state index contributed by atoms with van der Waals surface area (Å²) in [5.74, 6) is 0.0379. The number of thiazole rings is 1. The fraction of sp³-hybridized carbons (Fsp3) is 0. The van der Waals surface area contributed by atoms with Crippen LogP contribution >= 0.6 is 11.3 Å². The minimum atomic E-state index is -0.488. The monoisotopic (exact) mass is 394 g/mol. The van der Waals surface area contributed by atoms with E-state index in [1.165, 1.54) is 28.8 Å². The largest absolute Gasteiger partial charge is 0.291 e. The van der Waals surface area contributed by atoms with Crippen LogP contribution in [0.4, 0.5) is 10.1 Å². The maximum atomic E-state index is 12.9. The number of rotatable bonds is 4. The molecule has 0 bridgehead atoms. The molecule has 2 aromatic heterocycles. The third kappa shape index (κ3) is 3.55. The first-order valence-corrected chi connectivity index (χ1v) is 8.91. The van der Waals surface area contributed by atoms with E-state index in [-0.39, 0.29) is 17.1 Å². The van der Waals surface area contributed by atoms with Crippen LogP contribution in [0.3, 0.4) is 0 Å². The summed E-state index contributed by atoms with van der Waals surface area (Å²) >= 11 is 1.15. The van der Waals surface area contributed by atoms with Crippen molar-refractivity contribution in [3.8, 4) is 0 Å². The third-order valence-electron chi connectivity index (χ3n) is 3.87. The molecule has 7 nitrogen and oxygen atoms in total. The van der Waals surface area contributed by atoms with Crippen LogP contribution in [0.2, 0.25) is 0 Å². The first-order chi connectivity index (χ1) is 13.5. The zero-order valence-corrected chi connectivity index (χ0v) is 15.0. The molecule has 0 spiro atoms. The van der Waals surface area contributed by atoms with E-state index in [0.717, 1.165) is 16.9 Å². The fourth-order valence-electron chi connectivity index (χ4n) is 2.54. The van der Waals surface area contributed by atoms with Crippen molar-refractivity contribution in [1.82, 2.24) is 14.6 Å². The number of aromatic nitrogens is 3. The summed E-state index contributed by atoms with van der Waals surface area (Å²) in [7, 11) is 0. The van der Waals surface area contributed by atoms with Crippen LogP contribution in [0.15, 0.2) is 53.3 Å². The summed E-state index contributed by atoms with van der Waals surface area (Å²) in [5.41, 5.74) is 0.933. The Morgan fingerprint density at radius 2 is 1.89 bits per heavy atom. The number of nitro groups is 1. The Kier molecular flexibility index (Phi) is 4.50. The van der Waals surface area contributed by atoms with Gasteiger partial charge in [-0.1, -0.05) is 41.7 Å². The fourth-order valence-corrected chi connectivity index (χ4v) is 3.46. The number of fused-ring (bicyclic) bond motifs is 1. The van der Waals surface area contributed by atoms with E-state index in [0.29, 0.717) is 20.9 Å². The SMILES string of the molecule is O=c1/c(=C/c2cccc([N+](=O)[O-])c2)sc2nc(/C=C/c3ccc(F)cc3)nn12. The number of hydrogen-bond donors (Lipinski definition) is 0. The molecule has 0 N–H and O–H groups in total. The van der Waals surface area contributed by atoms with E-state index < -0.39 is 4.92 Å². The van der Waals surface area contributed by atoms with Crippen molar-refractivity contribution in [2.24, 2.45) is 0 Å². The second-order valence-corrected chi connectivity index (χ2v) is 6.83. The number of nitrogens with zero attached hydrogens (tertiary/aromatic N) is 4. The lowest BCUT2D eigenvalue weighted by Crippen LogP contribution is -2.23. The number of nitro benzene ring substituents is 1. The van der Waals surface area contributed by atoms with Gasteiger partial charge >= 0.3 is 0 Å². The van der Waals surface area contributed by atoms with E-state index in [9.17, 15) is 19.3 Å². The second kappa shape index (κ2) is 7.12. The number of non-ortho nitro benzene ring substituents is 1. The van der Waals surface area contributed by atoms with Crippen molar-refractivity contribution in [1.29, 1.82) is 0 Å². The average Bonchev–Trinajstić information content (AvgIpc) is 3.21. The Morgan fingerprint density at radius 1 is 1.11 bits per heavy atom. The van der Waals surface area contributed by atoms with Crippen molar-refractivity contribution in [3.05, 3.63) is 96.3 Å². The Morgan fingerprint density at radius 3 is 2.61 bits per heavy atom. The molecule has 0 aliphatic heterocycles. The molecule has 0 unspecified atom stereocenters. The van der Waals surface area contributed by atoms with Crippen molar-refractivity contribution in [2.75, 3.05) is 0 Å². The highest BCUT2D eigenvalue weighted by atomic mass is 32.1. The molecule has 0 aliphatic carbocycles. The van der Waals surface area contributed by atoms with Crippen LogP contribution in [-0.2, 0) is 0 Å². The Hall–Kier alpha value is -3.72. The topological polar surface area (TPSA) is 90.4 Å². The van der Waals surface area contributed by atoms with Gasteiger partial charge in [0.25, 0.3) is 11.2 Å². The molecule has 9 heteroatoms. The van der Waals surface area contributed by atoms with E-state index in [1.54, 1.807) is 42.5 Å². The van der Waals surface area contributed by atoms with Gasteiger partial charge in [0, 0.05) is 12.1 Å². The first kappa shape index (κ1) is 17.7. The molecular formula is C19H11FN4O3S. The molecule has 0 aliphatic rings. The zero-order valence-electron chi connectivity index (χ0n) is 14.2. The average molecular weight is 394 g/mol. The van der Waals surface area contributed by atoms with Gasteiger partial charge in [-0.15, -0.1) is 5.10 Å². The Balaban J connectivity index is 1.66. The highest BCUT2D eigenvalue weighted by Crippen LogP contribution is 2.14. The molecule has 0 amide bonds. The number of benzene rings is 2. The molecule has 0 saturated carbocycles. The summed E-state index contributed by atoms with van der Waals surface area (Å²) in [6.45, 7) is 0. The van der Waals surface area contributed by atoms with E-state index >= 15 is 0 Å². The lowest BCUT2D eigenvalue weighted by atomic mass is 10.2. The summed E-state index contributed by atoms with van der Waals surface area (Å²) < 4.78 is 14.5. The summed E-state index contributed by atoms with van der Waals surface area (Å²) in [6.07, 6.45) is 4.93. The third-order valence-corrected chi connectivity index (χ3v) is 4.83. The summed E-state index contributed by atoms with van der Waals surface area (Å²) in [5, 5.41) is 15.0. The van der Waals surface area contributed by atoms with Crippen LogP contribution in [0.1, 0.15) is 17.0 Å². The predicted octanol–water partition coefficient (Wildman–Crippen LogP) is 2.92. The molecule has 4 rings (SSSR count). The van der Waals surface area contributed by atoms with Gasteiger partial charge in [0.1, 0.15) is 5.82 Å². The summed E-state index contributed by atoms with van der Waals surface area (Å²) in [4.78, 5) is 27.6. The van der Waals surface area contributed by atoms with Gasteiger partial charge in [-0.25, -0.2) is 4.39 Å². The molecule has 0 fully saturated rings. The smallest absolute Gasteiger partial charge is 0.266 e. The maximum Gasteiger partial charge on any atom is 0.291 e. The molecule has 0 atom stereocenters. The number of hydrogen-bond acceptors (Lipinski definition) is 6. The van der Waals surface area contributed by atoms with Crippen molar-refractivity contribution < 1.29 is 9.31 Å². The van der Waals surface area contributed by atoms with Crippen LogP contribution in [0.5, 0.6) is 0 Å². The minimum Gasteiger partial charge on any atom is -0.266 e. The van der Waals surface area contributed by atoms with E-state index in [1.807, 2.05) is 0 Å². The Bertz CT molecular complexity index is 1330. The van der Waals surface area contributed by atoms with Crippen LogP contribution in [-0.4, -0.2) is 19.5 Å². The van der Waals surface area contributed by atoms with E-state index in [2.05, 4.69) is 10.1 Å². The molecule has 0 saturated heterocycles. The Labute approximate surface area is 160 Å². The summed E-state index contributed by atoms with van der Waals surface area (Å²) in [6, 6.07) is 12.0.